The number of rotatable bonds is 2. The van der Waals surface area contributed by atoms with Crippen molar-refractivity contribution >= 4 is 0 Å². The van der Waals surface area contributed by atoms with E-state index in [-0.39, 0.29) is 6.10 Å². The Morgan fingerprint density at radius 2 is 1.79 bits per heavy atom. The molecule has 0 amide bonds. The van der Waals surface area contributed by atoms with E-state index in [0.29, 0.717) is 17.9 Å². The molecule has 0 heterocycles. The first-order valence-electron chi connectivity index (χ1n) is 6.12. The summed E-state index contributed by atoms with van der Waals surface area (Å²) in [7, 11) is 0. The lowest BCUT2D eigenvalue weighted by molar-refractivity contribution is -0.0892. The Kier molecular flexibility index (Phi) is 3.45. The van der Waals surface area contributed by atoms with Crippen LogP contribution in [0, 0.1) is 11.8 Å². The molecule has 2 aliphatic rings. The zero-order valence-corrected chi connectivity index (χ0v) is 9.11. The number of aliphatic hydroxyl groups excluding tert-OH is 1. The Bertz CT molecular complexity index is 181. The molecule has 2 fully saturated rings. The summed E-state index contributed by atoms with van der Waals surface area (Å²) < 4.78 is 5.79. The molecule has 82 valence electrons. The zero-order valence-electron chi connectivity index (χ0n) is 9.11. The van der Waals surface area contributed by atoms with Gasteiger partial charge in [0.2, 0.25) is 0 Å². The van der Waals surface area contributed by atoms with E-state index in [1.165, 1.54) is 25.7 Å². The maximum absolute atomic E-state index is 9.93. The lowest BCUT2D eigenvalue weighted by atomic mass is 9.68. The van der Waals surface area contributed by atoms with Gasteiger partial charge in [-0.15, -0.1) is 0 Å². The van der Waals surface area contributed by atoms with Crippen molar-refractivity contribution in [2.45, 2.75) is 57.7 Å². The molecule has 2 aliphatic carbocycles. The molecule has 4 atom stereocenters. The van der Waals surface area contributed by atoms with Crippen molar-refractivity contribution in [3.05, 3.63) is 0 Å². The molecule has 0 unspecified atom stereocenters. The van der Waals surface area contributed by atoms with Gasteiger partial charge in [0, 0.05) is 6.61 Å². The SMILES string of the molecule is CCO[C@@H]1CC[C@@H](O)[C@H]2CCCC[C@@H]21. The highest BCUT2D eigenvalue weighted by molar-refractivity contribution is 4.90. The summed E-state index contributed by atoms with van der Waals surface area (Å²) in [6.07, 6.45) is 7.53. The Balaban J connectivity index is 2.00. The molecule has 0 spiro atoms. The first kappa shape index (κ1) is 10.4. The second kappa shape index (κ2) is 4.63. The third-order valence-corrected chi connectivity index (χ3v) is 3.97. The van der Waals surface area contributed by atoms with Gasteiger partial charge in [-0.3, -0.25) is 0 Å². The van der Waals surface area contributed by atoms with Gasteiger partial charge in [0.15, 0.2) is 0 Å². The van der Waals surface area contributed by atoms with Crippen LogP contribution in [-0.4, -0.2) is 23.9 Å². The highest BCUT2D eigenvalue weighted by Gasteiger charge is 2.40. The maximum atomic E-state index is 9.93. The summed E-state index contributed by atoms with van der Waals surface area (Å²) in [6.45, 7) is 2.90. The van der Waals surface area contributed by atoms with Crippen molar-refractivity contribution in [2.24, 2.45) is 11.8 Å². The van der Waals surface area contributed by atoms with Crippen LogP contribution in [0.1, 0.15) is 45.4 Å². The van der Waals surface area contributed by atoms with Gasteiger partial charge in [-0.1, -0.05) is 12.8 Å². The van der Waals surface area contributed by atoms with Crippen LogP contribution >= 0.6 is 0 Å². The van der Waals surface area contributed by atoms with Crippen LogP contribution in [0.15, 0.2) is 0 Å². The molecule has 2 rings (SSSR count). The summed E-state index contributed by atoms with van der Waals surface area (Å²) in [5.74, 6) is 1.18. The molecule has 2 saturated carbocycles. The lowest BCUT2D eigenvalue weighted by Crippen LogP contribution is -2.43. The van der Waals surface area contributed by atoms with Gasteiger partial charge in [-0.25, -0.2) is 0 Å². The Hall–Kier alpha value is -0.0800. The van der Waals surface area contributed by atoms with Crippen molar-refractivity contribution < 1.29 is 9.84 Å². The van der Waals surface area contributed by atoms with Gasteiger partial charge in [0.05, 0.1) is 12.2 Å². The van der Waals surface area contributed by atoms with Crippen LogP contribution in [0.4, 0.5) is 0 Å². The molecule has 2 heteroatoms. The normalized spacial score (nSPS) is 43.3. The molecule has 2 nitrogen and oxygen atoms in total. The molecule has 0 aromatic heterocycles. The van der Waals surface area contributed by atoms with E-state index in [1.807, 2.05) is 0 Å². The number of hydrogen-bond acceptors (Lipinski definition) is 2. The number of aliphatic hydroxyl groups is 1. The summed E-state index contributed by atoms with van der Waals surface area (Å²) in [5.41, 5.74) is 0. The number of ether oxygens (including phenoxy) is 1. The average Bonchev–Trinajstić information content (AvgIpc) is 2.23. The van der Waals surface area contributed by atoms with Gasteiger partial charge in [-0.05, 0) is 44.4 Å². The molecule has 0 aromatic rings. The molecule has 1 N–H and O–H groups in total. The molecule has 0 aromatic carbocycles. The fourth-order valence-electron chi connectivity index (χ4n) is 3.31. The third kappa shape index (κ3) is 1.96. The van der Waals surface area contributed by atoms with E-state index >= 15 is 0 Å². The Morgan fingerprint density at radius 3 is 2.50 bits per heavy atom. The minimum Gasteiger partial charge on any atom is -0.393 e. The molecule has 0 bridgehead atoms. The summed E-state index contributed by atoms with van der Waals surface area (Å²) in [5, 5.41) is 9.93. The highest BCUT2D eigenvalue weighted by Crippen LogP contribution is 2.41. The quantitative estimate of drug-likeness (QED) is 0.738. The van der Waals surface area contributed by atoms with Crippen molar-refractivity contribution in [3.8, 4) is 0 Å². The van der Waals surface area contributed by atoms with Crippen LogP contribution in [0.3, 0.4) is 0 Å². The standard InChI is InChI=1S/C12H22O2/c1-2-14-12-8-7-11(13)9-5-3-4-6-10(9)12/h9-13H,2-8H2,1H3/t9-,10-,11+,12+/m0/s1. The Morgan fingerprint density at radius 1 is 1.07 bits per heavy atom. The first-order chi connectivity index (χ1) is 6.83. The predicted octanol–water partition coefficient (Wildman–Crippen LogP) is 2.35. The monoisotopic (exact) mass is 198 g/mol. The van der Waals surface area contributed by atoms with Gasteiger partial charge < -0.3 is 9.84 Å². The minimum absolute atomic E-state index is 0.0444. The molecule has 0 radical (unpaired) electrons. The Labute approximate surface area is 86.6 Å². The molecule has 0 saturated heterocycles. The first-order valence-corrected chi connectivity index (χ1v) is 6.12. The summed E-state index contributed by atoms with van der Waals surface area (Å²) in [6, 6.07) is 0. The maximum Gasteiger partial charge on any atom is 0.0607 e. The second-order valence-corrected chi connectivity index (χ2v) is 4.75. The van der Waals surface area contributed by atoms with Crippen LogP contribution in [0.5, 0.6) is 0 Å². The van der Waals surface area contributed by atoms with Gasteiger partial charge in [-0.2, -0.15) is 0 Å². The van der Waals surface area contributed by atoms with Crippen LogP contribution in [0.25, 0.3) is 0 Å². The zero-order chi connectivity index (χ0) is 9.97. The van der Waals surface area contributed by atoms with E-state index in [4.69, 9.17) is 4.74 Å². The average molecular weight is 198 g/mol. The largest absolute Gasteiger partial charge is 0.393 e. The van der Waals surface area contributed by atoms with Crippen LogP contribution in [0.2, 0.25) is 0 Å². The molecular formula is C12H22O2. The molecule has 0 aliphatic heterocycles. The van der Waals surface area contributed by atoms with Crippen LogP contribution < -0.4 is 0 Å². The van der Waals surface area contributed by atoms with Gasteiger partial charge in [0.1, 0.15) is 0 Å². The smallest absolute Gasteiger partial charge is 0.0607 e. The van der Waals surface area contributed by atoms with E-state index in [9.17, 15) is 5.11 Å². The fraction of sp³-hybridized carbons (Fsp3) is 1.00. The second-order valence-electron chi connectivity index (χ2n) is 4.75. The number of hydrogen-bond donors (Lipinski definition) is 1. The van der Waals surface area contributed by atoms with Gasteiger partial charge in [0.25, 0.3) is 0 Å². The van der Waals surface area contributed by atoms with Crippen LogP contribution in [-0.2, 0) is 4.74 Å². The predicted molar refractivity (Wildman–Crippen MR) is 56.1 cm³/mol. The van der Waals surface area contributed by atoms with Crippen molar-refractivity contribution in [1.29, 1.82) is 0 Å². The van der Waals surface area contributed by atoms with Crippen molar-refractivity contribution in [3.63, 3.8) is 0 Å². The molecule has 14 heavy (non-hydrogen) atoms. The van der Waals surface area contributed by atoms with Crippen molar-refractivity contribution in [2.75, 3.05) is 6.61 Å². The molecular weight excluding hydrogens is 176 g/mol. The lowest BCUT2D eigenvalue weighted by Gasteiger charge is -2.43. The number of fused-ring (bicyclic) bond motifs is 1. The minimum atomic E-state index is -0.0444. The van der Waals surface area contributed by atoms with E-state index < -0.39 is 0 Å². The fourth-order valence-corrected chi connectivity index (χ4v) is 3.31. The third-order valence-electron chi connectivity index (χ3n) is 3.97. The van der Waals surface area contributed by atoms with Gasteiger partial charge >= 0.3 is 0 Å². The summed E-state index contributed by atoms with van der Waals surface area (Å²) >= 11 is 0. The topological polar surface area (TPSA) is 29.5 Å². The summed E-state index contributed by atoms with van der Waals surface area (Å²) in [4.78, 5) is 0. The van der Waals surface area contributed by atoms with Crippen molar-refractivity contribution in [1.82, 2.24) is 0 Å². The van der Waals surface area contributed by atoms with E-state index in [2.05, 4.69) is 6.92 Å². The van der Waals surface area contributed by atoms with E-state index in [1.54, 1.807) is 0 Å². The highest BCUT2D eigenvalue weighted by atomic mass is 16.5. The van der Waals surface area contributed by atoms with E-state index in [0.717, 1.165) is 19.4 Å².